The van der Waals surface area contributed by atoms with Crippen molar-refractivity contribution in [2.45, 2.75) is 26.4 Å². The first-order chi connectivity index (χ1) is 13.0. The Morgan fingerprint density at radius 1 is 1.30 bits per heavy atom. The molecule has 0 saturated carbocycles. The van der Waals surface area contributed by atoms with Crippen molar-refractivity contribution in [2.75, 3.05) is 27.4 Å². The fourth-order valence-corrected chi connectivity index (χ4v) is 3.82. The highest BCUT2D eigenvalue weighted by Crippen LogP contribution is 2.26. The summed E-state index contributed by atoms with van der Waals surface area (Å²) in [6, 6.07) is 6.11. The Kier molecular flexibility index (Phi) is 4.64. The molecule has 0 spiro atoms. The number of aliphatic imine (C=N–C) groups is 1. The second-order valence-corrected chi connectivity index (χ2v) is 7.76. The van der Waals surface area contributed by atoms with E-state index >= 15 is 0 Å². The van der Waals surface area contributed by atoms with Crippen LogP contribution in [0.4, 0.5) is 0 Å². The van der Waals surface area contributed by atoms with Crippen LogP contribution in [0.15, 0.2) is 47.5 Å². The smallest absolute Gasteiger partial charge is 0.152 e. The van der Waals surface area contributed by atoms with Crippen molar-refractivity contribution in [1.29, 1.82) is 0 Å². The molecule has 1 aromatic heterocycles. The zero-order chi connectivity index (χ0) is 19.0. The lowest BCUT2D eigenvalue weighted by atomic mass is 10.0. The Bertz CT molecular complexity index is 905. The summed E-state index contributed by atoms with van der Waals surface area (Å²) in [6.45, 7) is 6.37. The normalized spacial score (nSPS) is 19.1. The molecular weight excluding hydrogens is 338 g/mol. The number of methoxy groups -OCH3 is 1. The van der Waals surface area contributed by atoms with E-state index in [4.69, 9.17) is 9.73 Å². The predicted octanol–water partition coefficient (Wildman–Crippen LogP) is 2.82. The Morgan fingerprint density at radius 2 is 2.15 bits per heavy atom. The Labute approximate surface area is 160 Å². The van der Waals surface area contributed by atoms with Gasteiger partial charge >= 0.3 is 0 Å². The number of nitrogens with zero attached hydrogens (tertiary/aromatic N) is 4. The molecule has 0 saturated heterocycles. The van der Waals surface area contributed by atoms with Crippen LogP contribution in [0.3, 0.4) is 0 Å². The maximum absolute atomic E-state index is 5.40. The number of fused-ring (bicyclic) bond motifs is 2. The van der Waals surface area contributed by atoms with Crippen molar-refractivity contribution < 1.29 is 4.74 Å². The topological polar surface area (TPSA) is 53.0 Å². The fraction of sp³-hybridized carbons (Fsp3) is 0.429. The molecule has 2 aliphatic rings. The van der Waals surface area contributed by atoms with Crippen molar-refractivity contribution >= 4 is 16.6 Å². The van der Waals surface area contributed by atoms with Crippen molar-refractivity contribution in [1.82, 2.24) is 20.1 Å². The molecule has 2 aliphatic heterocycles. The number of pyridine rings is 1. The minimum atomic E-state index is 0.0195. The number of benzene rings is 1. The maximum Gasteiger partial charge on any atom is 0.152 e. The van der Waals surface area contributed by atoms with Gasteiger partial charge in [-0.15, -0.1) is 0 Å². The second kappa shape index (κ2) is 7.10. The highest BCUT2D eigenvalue weighted by Gasteiger charge is 2.30. The van der Waals surface area contributed by atoms with Crippen molar-refractivity contribution in [2.24, 2.45) is 10.9 Å². The molecule has 2 aromatic rings. The van der Waals surface area contributed by atoms with Gasteiger partial charge in [0.25, 0.3) is 0 Å². The molecule has 3 heterocycles. The van der Waals surface area contributed by atoms with Crippen LogP contribution in [0, 0.1) is 5.92 Å². The van der Waals surface area contributed by atoms with Crippen LogP contribution < -0.4 is 10.1 Å². The number of rotatable bonds is 5. The van der Waals surface area contributed by atoms with E-state index in [0.717, 1.165) is 42.3 Å². The standard InChI is InChI=1S/C21H27N5O/c1-14(2)11-26-13-25(3)12-19-21(26)24-20(23-19)7-16-10-22-9-15-5-6-17(27-4)8-18(15)16/h5-6,8-10,12,14,20,23H,7,11,13H2,1-4H3. The molecule has 0 bridgehead atoms. The van der Waals surface area contributed by atoms with Crippen LogP contribution in [-0.2, 0) is 6.42 Å². The van der Waals surface area contributed by atoms with E-state index in [1.165, 1.54) is 10.9 Å². The van der Waals surface area contributed by atoms with Gasteiger partial charge < -0.3 is 19.9 Å². The Balaban J connectivity index is 1.62. The molecule has 6 heteroatoms. The van der Waals surface area contributed by atoms with Gasteiger partial charge in [-0.2, -0.15) is 0 Å². The lowest BCUT2D eigenvalue weighted by Crippen LogP contribution is -2.45. The van der Waals surface area contributed by atoms with Crippen LogP contribution in [0.5, 0.6) is 5.75 Å². The van der Waals surface area contributed by atoms with E-state index < -0.39 is 0 Å². The van der Waals surface area contributed by atoms with Crippen LogP contribution in [0.1, 0.15) is 19.4 Å². The van der Waals surface area contributed by atoms with Crippen molar-refractivity contribution in [3.63, 3.8) is 0 Å². The van der Waals surface area contributed by atoms with Crippen molar-refractivity contribution in [3.05, 3.63) is 48.1 Å². The SMILES string of the molecule is COc1ccc2cncc(CC3N=C4C(=CN(C)CN4CC(C)C)N3)c2c1. The predicted molar refractivity (Wildman–Crippen MR) is 109 cm³/mol. The number of amidine groups is 1. The van der Waals surface area contributed by atoms with Gasteiger partial charge in [0.05, 0.1) is 19.5 Å². The van der Waals surface area contributed by atoms with Gasteiger partial charge in [-0.25, -0.2) is 4.99 Å². The van der Waals surface area contributed by atoms with E-state index in [1.54, 1.807) is 7.11 Å². The number of aromatic nitrogens is 1. The summed E-state index contributed by atoms with van der Waals surface area (Å²) < 4.78 is 5.40. The van der Waals surface area contributed by atoms with E-state index in [2.05, 4.69) is 59.3 Å². The summed E-state index contributed by atoms with van der Waals surface area (Å²) in [6.07, 6.45) is 6.80. The summed E-state index contributed by atoms with van der Waals surface area (Å²) in [5.41, 5.74) is 2.29. The maximum atomic E-state index is 5.40. The minimum absolute atomic E-state index is 0.0195. The first-order valence-electron chi connectivity index (χ1n) is 9.46. The van der Waals surface area contributed by atoms with Crippen LogP contribution in [0.2, 0.25) is 0 Å². The lowest BCUT2D eigenvalue weighted by molar-refractivity contribution is 0.248. The number of nitrogens with one attached hydrogen (secondary N) is 1. The first kappa shape index (κ1) is 17.6. The monoisotopic (exact) mass is 365 g/mol. The van der Waals surface area contributed by atoms with Crippen molar-refractivity contribution in [3.8, 4) is 5.75 Å². The van der Waals surface area contributed by atoms with E-state index in [1.807, 2.05) is 18.5 Å². The zero-order valence-electron chi connectivity index (χ0n) is 16.4. The first-order valence-corrected chi connectivity index (χ1v) is 9.46. The molecule has 0 aliphatic carbocycles. The molecule has 27 heavy (non-hydrogen) atoms. The third-order valence-corrected chi connectivity index (χ3v) is 4.93. The third-order valence-electron chi connectivity index (χ3n) is 4.93. The molecule has 1 N–H and O–H groups in total. The van der Waals surface area contributed by atoms with Crippen LogP contribution in [0.25, 0.3) is 10.8 Å². The molecule has 0 fully saturated rings. The molecule has 6 nitrogen and oxygen atoms in total. The van der Waals surface area contributed by atoms with Gasteiger partial charge in [-0.1, -0.05) is 13.8 Å². The van der Waals surface area contributed by atoms with Gasteiger partial charge in [0.1, 0.15) is 11.9 Å². The molecular formula is C21H27N5O. The summed E-state index contributed by atoms with van der Waals surface area (Å²) in [5.74, 6) is 2.54. The summed E-state index contributed by atoms with van der Waals surface area (Å²) in [4.78, 5) is 14.0. The Hall–Kier alpha value is -2.76. The van der Waals surface area contributed by atoms with Gasteiger partial charge in [-0.05, 0) is 35.1 Å². The van der Waals surface area contributed by atoms with E-state index in [-0.39, 0.29) is 6.17 Å². The second-order valence-electron chi connectivity index (χ2n) is 7.76. The largest absolute Gasteiger partial charge is 0.497 e. The average Bonchev–Trinajstić information content (AvgIpc) is 3.03. The number of hydrogen-bond donors (Lipinski definition) is 1. The molecule has 1 aromatic carbocycles. The summed E-state index contributed by atoms with van der Waals surface area (Å²) >= 11 is 0. The van der Waals surface area contributed by atoms with Gasteiger partial charge in [0.15, 0.2) is 5.84 Å². The molecule has 0 radical (unpaired) electrons. The lowest BCUT2D eigenvalue weighted by Gasteiger charge is -2.34. The summed E-state index contributed by atoms with van der Waals surface area (Å²) in [7, 11) is 3.80. The van der Waals surface area contributed by atoms with E-state index in [9.17, 15) is 0 Å². The van der Waals surface area contributed by atoms with Gasteiger partial charge in [0, 0.05) is 44.0 Å². The highest BCUT2D eigenvalue weighted by atomic mass is 16.5. The number of ether oxygens (including phenoxy) is 1. The molecule has 1 unspecified atom stereocenters. The van der Waals surface area contributed by atoms with Gasteiger partial charge in [-0.3, -0.25) is 4.98 Å². The molecule has 0 amide bonds. The van der Waals surface area contributed by atoms with E-state index in [0.29, 0.717) is 5.92 Å². The molecule has 142 valence electrons. The van der Waals surface area contributed by atoms with Gasteiger partial charge in [0.2, 0.25) is 0 Å². The fourth-order valence-electron chi connectivity index (χ4n) is 3.82. The molecule has 4 rings (SSSR count). The Morgan fingerprint density at radius 3 is 2.93 bits per heavy atom. The quantitative estimate of drug-likeness (QED) is 0.883. The minimum Gasteiger partial charge on any atom is -0.497 e. The molecule has 1 atom stereocenters. The highest BCUT2D eigenvalue weighted by molar-refractivity contribution is 6.00. The number of hydrogen-bond acceptors (Lipinski definition) is 6. The third kappa shape index (κ3) is 3.56. The van der Waals surface area contributed by atoms with Crippen LogP contribution >= 0.6 is 0 Å². The zero-order valence-corrected chi connectivity index (χ0v) is 16.4. The average molecular weight is 365 g/mol. The van der Waals surface area contributed by atoms with Crippen LogP contribution in [-0.4, -0.2) is 54.2 Å². The summed E-state index contributed by atoms with van der Waals surface area (Å²) in [5, 5.41) is 5.88.